The van der Waals surface area contributed by atoms with Crippen molar-refractivity contribution in [1.29, 1.82) is 0 Å². The summed E-state index contributed by atoms with van der Waals surface area (Å²) >= 11 is 0. The van der Waals surface area contributed by atoms with Crippen LogP contribution in [0.4, 0.5) is 4.79 Å². The quantitative estimate of drug-likeness (QED) is 0.845. The van der Waals surface area contributed by atoms with Crippen molar-refractivity contribution in [1.82, 2.24) is 10.2 Å². The van der Waals surface area contributed by atoms with Gasteiger partial charge in [-0.25, -0.2) is 4.79 Å². The molecule has 1 aliphatic heterocycles. The minimum Gasteiger partial charge on any atom is -0.455 e. The lowest BCUT2D eigenvalue weighted by atomic mass is 9.91. The van der Waals surface area contributed by atoms with E-state index in [9.17, 15) is 14.4 Å². The lowest BCUT2D eigenvalue weighted by Gasteiger charge is -2.18. The van der Waals surface area contributed by atoms with Crippen LogP contribution in [0, 0.1) is 0 Å². The molecule has 0 bridgehead atoms. The van der Waals surface area contributed by atoms with Crippen molar-refractivity contribution in [3.63, 3.8) is 0 Å². The fourth-order valence-electron chi connectivity index (χ4n) is 2.76. The maximum absolute atomic E-state index is 12.7. The lowest BCUT2D eigenvalue weighted by molar-refractivity contribution is -0.151. The Morgan fingerprint density at radius 2 is 1.56 bits per heavy atom. The van der Waals surface area contributed by atoms with Gasteiger partial charge in [-0.2, -0.15) is 0 Å². The smallest absolute Gasteiger partial charge is 0.324 e. The number of hydrogen-bond acceptors (Lipinski definition) is 4. The Labute approximate surface area is 145 Å². The first-order valence-electron chi connectivity index (χ1n) is 8.01. The Bertz CT molecular complexity index is 722. The molecule has 2 aromatic carbocycles. The highest BCUT2D eigenvalue weighted by Crippen LogP contribution is 2.25. The molecule has 0 aliphatic carbocycles. The van der Waals surface area contributed by atoms with Gasteiger partial charge in [-0.05, 0) is 11.1 Å². The summed E-state index contributed by atoms with van der Waals surface area (Å²) in [5.41, 5.74) is 1.56. The number of ether oxygens (including phenoxy) is 1. The first kappa shape index (κ1) is 16.7. The zero-order chi connectivity index (χ0) is 17.6. The third-order valence-electron chi connectivity index (χ3n) is 4.00. The van der Waals surface area contributed by atoms with Crippen LogP contribution in [0.25, 0.3) is 0 Å². The predicted molar refractivity (Wildman–Crippen MR) is 90.8 cm³/mol. The van der Waals surface area contributed by atoms with Crippen LogP contribution >= 0.6 is 0 Å². The SMILES string of the molecule is O=C(OCC(=O)N1CCNC1=O)C(c1ccccc1)c1ccccc1. The molecule has 0 atom stereocenters. The first-order valence-corrected chi connectivity index (χ1v) is 8.01. The van der Waals surface area contributed by atoms with Gasteiger partial charge in [0.25, 0.3) is 5.91 Å². The van der Waals surface area contributed by atoms with Gasteiger partial charge < -0.3 is 10.1 Å². The van der Waals surface area contributed by atoms with Crippen LogP contribution < -0.4 is 5.32 Å². The van der Waals surface area contributed by atoms with E-state index in [0.29, 0.717) is 6.54 Å². The molecule has 3 amide bonds. The van der Waals surface area contributed by atoms with Gasteiger partial charge in [0.2, 0.25) is 0 Å². The van der Waals surface area contributed by atoms with Crippen LogP contribution in [0.2, 0.25) is 0 Å². The summed E-state index contributed by atoms with van der Waals surface area (Å²) < 4.78 is 5.23. The van der Waals surface area contributed by atoms with E-state index >= 15 is 0 Å². The van der Waals surface area contributed by atoms with Crippen LogP contribution in [-0.2, 0) is 14.3 Å². The normalized spacial score (nSPS) is 13.6. The molecule has 3 rings (SSSR count). The summed E-state index contributed by atoms with van der Waals surface area (Å²) in [5.74, 6) is -1.67. The molecule has 0 unspecified atom stereocenters. The van der Waals surface area contributed by atoms with E-state index in [4.69, 9.17) is 4.74 Å². The van der Waals surface area contributed by atoms with Crippen molar-refractivity contribution in [2.75, 3.05) is 19.7 Å². The Kier molecular flexibility index (Phi) is 5.09. The van der Waals surface area contributed by atoms with Gasteiger partial charge in [0.1, 0.15) is 5.92 Å². The molecule has 1 fully saturated rings. The van der Waals surface area contributed by atoms with Crippen LogP contribution in [0.3, 0.4) is 0 Å². The van der Waals surface area contributed by atoms with Crippen molar-refractivity contribution >= 4 is 17.9 Å². The van der Waals surface area contributed by atoms with Gasteiger partial charge in [0.05, 0.1) is 0 Å². The second-order valence-electron chi connectivity index (χ2n) is 5.64. The number of urea groups is 1. The number of nitrogens with zero attached hydrogens (tertiary/aromatic N) is 1. The van der Waals surface area contributed by atoms with Crippen LogP contribution in [0.1, 0.15) is 17.0 Å². The van der Waals surface area contributed by atoms with E-state index in [1.165, 1.54) is 0 Å². The predicted octanol–water partition coefficient (Wildman–Crippen LogP) is 1.91. The van der Waals surface area contributed by atoms with E-state index in [1.54, 1.807) is 0 Å². The van der Waals surface area contributed by atoms with Crippen LogP contribution in [0.15, 0.2) is 60.7 Å². The summed E-state index contributed by atoms with van der Waals surface area (Å²) in [7, 11) is 0. The fourth-order valence-corrected chi connectivity index (χ4v) is 2.76. The summed E-state index contributed by atoms with van der Waals surface area (Å²) in [5, 5.41) is 2.54. The van der Waals surface area contributed by atoms with Gasteiger partial charge in [-0.1, -0.05) is 60.7 Å². The minimum absolute atomic E-state index is 0.288. The average Bonchev–Trinajstić information content (AvgIpc) is 3.08. The molecule has 6 heteroatoms. The van der Waals surface area contributed by atoms with E-state index in [0.717, 1.165) is 16.0 Å². The summed E-state index contributed by atoms with van der Waals surface area (Å²) in [6, 6.07) is 18.0. The highest BCUT2D eigenvalue weighted by atomic mass is 16.5. The molecule has 1 heterocycles. The zero-order valence-electron chi connectivity index (χ0n) is 13.6. The Morgan fingerprint density at radius 1 is 1.00 bits per heavy atom. The third kappa shape index (κ3) is 3.85. The Morgan fingerprint density at radius 3 is 2.04 bits per heavy atom. The molecule has 0 spiro atoms. The molecule has 1 N–H and O–H groups in total. The molecule has 128 valence electrons. The number of nitrogens with one attached hydrogen (secondary N) is 1. The van der Waals surface area contributed by atoms with E-state index in [2.05, 4.69) is 5.32 Å². The topological polar surface area (TPSA) is 75.7 Å². The average molecular weight is 338 g/mol. The van der Waals surface area contributed by atoms with Crippen molar-refractivity contribution in [3.05, 3.63) is 71.8 Å². The molecule has 0 saturated carbocycles. The van der Waals surface area contributed by atoms with Gasteiger partial charge >= 0.3 is 12.0 Å². The van der Waals surface area contributed by atoms with E-state index in [-0.39, 0.29) is 6.54 Å². The zero-order valence-corrected chi connectivity index (χ0v) is 13.6. The molecule has 25 heavy (non-hydrogen) atoms. The first-order chi connectivity index (χ1) is 12.2. The van der Waals surface area contributed by atoms with Gasteiger partial charge in [0.15, 0.2) is 6.61 Å². The van der Waals surface area contributed by atoms with Gasteiger partial charge in [-0.15, -0.1) is 0 Å². The summed E-state index contributed by atoms with van der Waals surface area (Å²) in [6.07, 6.45) is 0. The molecule has 1 aliphatic rings. The maximum Gasteiger partial charge on any atom is 0.324 e. The third-order valence-corrected chi connectivity index (χ3v) is 4.00. The van der Waals surface area contributed by atoms with Gasteiger partial charge in [-0.3, -0.25) is 14.5 Å². The van der Waals surface area contributed by atoms with E-state index in [1.807, 2.05) is 60.7 Å². The highest BCUT2D eigenvalue weighted by molar-refractivity contribution is 5.97. The monoisotopic (exact) mass is 338 g/mol. The number of carbonyl (C=O) groups excluding carboxylic acids is 3. The maximum atomic E-state index is 12.7. The number of esters is 1. The molecular formula is C19H18N2O4. The second-order valence-corrected chi connectivity index (χ2v) is 5.64. The number of hydrogen-bond donors (Lipinski definition) is 1. The van der Waals surface area contributed by atoms with Crippen molar-refractivity contribution in [3.8, 4) is 0 Å². The Hall–Kier alpha value is -3.15. The summed E-state index contributed by atoms with van der Waals surface area (Å²) in [6.45, 7) is 0.244. The molecular weight excluding hydrogens is 320 g/mol. The molecule has 1 saturated heterocycles. The molecule has 2 aromatic rings. The van der Waals surface area contributed by atoms with Crippen molar-refractivity contribution < 1.29 is 19.1 Å². The minimum atomic E-state index is -0.623. The fraction of sp³-hybridized carbons (Fsp3) is 0.211. The van der Waals surface area contributed by atoms with Crippen LogP contribution in [-0.4, -0.2) is 42.5 Å². The molecule has 0 aromatic heterocycles. The number of rotatable bonds is 5. The van der Waals surface area contributed by atoms with Crippen molar-refractivity contribution in [2.24, 2.45) is 0 Å². The number of imide groups is 1. The highest BCUT2D eigenvalue weighted by Gasteiger charge is 2.29. The second kappa shape index (κ2) is 7.61. The summed E-state index contributed by atoms with van der Waals surface area (Å²) in [4.78, 5) is 37.2. The van der Waals surface area contributed by atoms with Crippen molar-refractivity contribution in [2.45, 2.75) is 5.92 Å². The number of amides is 3. The lowest BCUT2D eigenvalue weighted by Crippen LogP contribution is -2.37. The standard InChI is InChI=1S/C19H18N2O4/c22-16(21-12-11-20-19(21)24)13-25-18(23)17(14-7-3-1-4-8-14)15-9-5-2-6-10-15/h1-10,17H,11-13H2,(H,20,24). The molecule has 0 radical (unpaired) electrons. The van der Waals surface area contributed by atoms with Crippen LogP contribution in [0.5, 0.6) is 0 Å². The number of benzene rings is 2. The number of carbonyl (C=O) groups is 3. The largest absolute Gasteiger partial charge is 0.455 e. The van der Waals surface area contributed by atoms with E-state index < -0.39 is 30.4 Å². The van der Waals surface area contributed by atoms with Gasteiger partial charge in [0, 0.05) is 13.1 Å². The molecule has 6 nitrogen and oxygen atoms in total. The Balaban J connectivity index is 1.74.